The van der Waals surface area contributed by atoms with Crippen molar-refractivity contribution in [2.24, 2.45) is 0 Å². The van der Waals surface area contributed by atoms with Crippen molar-refractivity contribution in [3.8, 4) is 0 Å². The van der Waals surface area contributed by atoms with Crippen LogP contribution in [0.15, 0.2) is 54.9 Å². The molecule has 0 aliphatic carbocycles. The van der Waals surface area contributed by atoms with Crippen LogP contribution >= 0.6 is 0 Å². The smallest absolute Gasteiger partial charge is 0.319 e. The second-order valence-electron chi connectivity index (χ2n) is 6.46. The second kappa shape index (κ2) is 7.26. The van der Waals surface area contributed by atoms with Crippen LogP contribution in [0.4, 0.5) is 18.9 Å². The standard InChI is InChI=1S/C20H18F3N3O/c1-13-6-14(2)8-16(7-13)19(27)25-18-10-24-26(12-18)11-15-4-3-5-17(9-15)20(21,22)23/h3-10,12H,11H2,1-2H3,(H,25,27). The Balaban J connectivity index is 1.71. The summed E-state index contributed by atoms with van der Waals surface area (Å²) < 4.78 is 39.9. The average molecular weight is 373 g/mol. The fourth-order valence-electron chi connectivity index (χ4n) is 2.86. The summed E-state index contributed by atoms with van der Waals surface area (Å²) in [6.07, 6.45) is -1.33. The van der Waals surface area contributed by atoms with E-state index in [4.69, 9.17) is 0 Å². The first-order valence-electron chi connectivity index (χ1n) is 8.29. The van der Waals surface area contributed by atoms with Gasteiger partial charge in [-0.15, -0.1) is 0 Å². The lowest BCUT2D eigenvalue weighted by atomic mass is 10.1. The molecule has 0 unspecified atom stereocenters. The molecular weight excluding hydrogens is 355 g/mol. The predicted molar refractivity (Wildman–Crippen MR) is 96.6 cm³/mol. The van der Waals surface area contributed by atoms with Crippen molar-refractivity contribution in [2.45, 2.75) is 26.6 Å². The first-order valence-corrected chi connectivity index (χ1v) is 8.29. The average Bonchev–Trinajstić information content (AvgIpc) is 3.00. The van der Waals surface area contributed by atoms with Gasteiger partial charge >= 0.3 is 6.18 Å². The molecule has 2 aromatic carbocycles. The van der Waals surface area contributed by atoms with Crippen LogP contribution in [-0.4, -0.2) is 15.7 Å². The highest BCUT2D eigenvalue weighted by Crippen LogP contribution is 2.29. The number of aromatic nitrogens is 2. The Bertz CT molecular complexity index is 956. The normalized spacial score (nSPS) is 11.4. The fraction of sp³-hybridized carbons (Fsp3) is 0.200. The third-order valence-electron chi connectivity index (χ3n) is 3.97. The van der Waals surface area contributed by atoms with E-state index >= 15 is 0 Å². The third kappa shape index (κ3) is 4.75. The number of rotatable bonds is 4. The van der Waals surface area contributed by atoms with E-state index in [0.29, 0.717) is 16.8 Å². The van der Waals surface area contributed by atoms with Gasteiger partial charge in [-0.3, -0.25) is 9.48 Å². The molecule has 0 atom stereocenters. The molecule has 0 aliphatic heterocycles. The lowest BCUT2D eigenvalue weighted by molar-refractivity contribution is -0.137. The van der Waals surface area contributed by atoms with Crippen LogP contribution in [0.5, 0.6) is 0 Å². The maximum atomic E-state index is 12.8. The van der Waals surface area contributed by atoms with E-state index in [1.807, 2.05) is 19.9 Å². The maximum absolute atomic E-state index is 12.8. The molecule has 1 N–H and O–H groups in total. The van der Waals surface area contributed by atoms with Gasteiger partial charge < -0.3 is 5.32 Å². The summed E-state index contributed by atoms with van der Waals surface area (Å²) >= 11 is 0. The van der Waals surface area contributed by atoms with Crippen LogP contribution < -0.4 is 5.32 Å². The molecule has 0 saturated carbocycles. The molecule has 3 aromatic rings. The zero-order valence-corrected chi connectivity index (χ0v) is 14.8. The van der Waals surface area contributed by atoms with Crippen molar-refractivity contribution in [3.63, 3.8) is 0 Å². The number of hydrogen-bond acceptors (Lipinski definition) is 2. The van der Waals surface area contributed by atoms with Crippen molar-refractivity contribution in [3.05, 3.63) is 82.7 Å². The Morgan fingerprint density at radius 1 is 1.11 bits per heavy atom. The molecule has 0 radical (unpaired) electrons. The highest BCUT2D eigenvalue weighted by atomic mass is 19.4. The molecule has 27 heavy (non-hydrogen) atoms. The lowest BCUT2D eigenvalue weighted by Crippen LogP contribution is -2.12. The number of carbonyl (C=O) groups excluding carboxylic acids is 1. The molecule has 140 valence electrons. The van der Waals surface area contributed by atoms with Gasteiger partial charge in [-0.05, 0) is 43.7 Å². The van der Waals surface area contributed by atoms with Gasteiger partial charge in [0.25, 0.3) is 5.91 Å². The van der Waals surface area contributed by atoms with Crippen LogP contribution in [0.3, 0.4) is 0 Å². The summed E-state index contributed by atoms with van der Waals surface area (Å²) in [5.41, 5.74) is 2.76. The Kier molecular flexibility index (Phi) is 5.03. The molecule has 0 saturated heterocycles. The first kappa shape index (κ1) is 18.7. The zero-order valence-electron chi connectivity index (χ0n) is 14.8. The number of alkyl halides is 3. The van der Waals surface area contributed by atoms with Gasteiger partial charge in [-0.1, -0.05) is 29.3 Å². The van der Waals surface area contributed by atoms with Crippen molar-refractivity contribution in [1.82, 2.24) is 9.78 Å². The van der Waals surface area contributed by atoms with Crippen molar-refractivity contribution >= 4 is 11.6 Å². The van der Waals surface area contributed by atoms with Crippen LogP contribution in [0, 0.1) is 13.8 Å². The molecule has 1 amide bonds. The van der Waals surface area contributed by atoms with Crippen molar-refractivity contribution < 1.29 is 18.0 Å². The largest absolute Gasteiger partial charge is 0.416 e. The summed E-state index contributed by atoms with van der Waals surface area (Å²) in [4.78, 5) is 12.4. The topological polar surface area (TPSA) is 46.9 Å². The first-order chi connectivity index (χ1) is 12.7. The minimum atomic E-state index is -4.38. The molecule has 0 fully saturated rings. The molecule has 1 aromatic heterocycles. The monoisotopic (exact) mass is 373 g/mol. The Morgan fingerprint density at radius 2 is 1.81 bits per heavy atom. The van der Waals surface area contributed by atoms with Crippen LogP contribution in [0.2, 0.25) is 0 Å². The van der Waals surface area contributed by atoms with Gasteiger partial charge in [0.15, 0.2) is 0 Å². The van der Waals surface area contributed by atoms with Gasteiger partial charge in [-0.2, -0.15) is 18.3 Å². The van der Waals surface area contributed by atoms with E-state index in [1.54, 1.807) is 24.4 Å². The maximum Gasteiger partial charge on any atom is 0.416 e. The summed E-state index contributed by atoms with van der Waals surface area (Å²) in [6, 6.07) is 10.6. The SMILES string of the molecule is Cc1cc(C)cc(C(=O)Nc2cnn(Cc3cccc(C(F)(F)F)c3)c2)c1. The number of amides is 1. The summed E-state index contributed by atoms with van der Waals surface area (Å²) in [5, 5.41) is 6.86. The number of hydrogen-bond donors (Lipinski definition) is 1. The molecule has 0 bridgehead atoms. The predicted octanol–water partition coefficient (Wildman–Crippen LogP) is 4.82. The van der Waals surface area contributed by atoms with Gasteiger partial charge in [0, 0.05) is 11.8 Å². The Hall–Kier alpha value is -3.09. The second-order valence-corrected chi connectivity index (χ2v) is 6.46. The Morgan fingerprint density at radius 3 is 2.48 bits per heavy atom. The summed E-state index contributed by atoms with van der Waals surface area (Å²) in [6.45, 7) is 4.00. The summed E-state index contributed by atoms with van der Waals surface area (Å²) in [7, 11) is 0. The molecule has 0 aliphatic rings. The van der Waals surface area contributed by atoms with Gasteiger partial charge in [-0.25, -0.2) is 0 Å². The van der Waals surface area contributed by atoms with Gasteiger partial charge in [0.05, 0.1) is 24.0 Å². The van der Waals surface area contributed by atoms with E-state index in [1.165, 1.54) is 16.9 Å². The number of anilines is 1. The highest BCUT2D eigenvalue weighted by Gasteiger charge is 2.30. The molecule has 1 heterocycles. The molecule has 7 heteroatoms. The van der Waals surface area contributed by atoms with Crippen LogP contribution in [0.25, 0.3) is 0 Å². The third-order valence-corrected chi connectivity index (χ3v) is 3.97. The highest BCUT2D eigenvalue weighted by molar-refractivity contribution is 6.04. The molecule has 3 rings (SSSR count). The number of carbonyl (C=O) groups is 1. The molecule has 0 spiro atoms. The van der Waals surface area contributed by atoms with Gasteiger partial charge in [0.2, 0.25) is 0 Å². The Labute approximate surface area is 154 Å². The molecular formula is C20H18F3N3O. The van der Waals surface area contributed by atoms with Crippen molar-refractivity contribution in [2.75, 3.05) is 5.32 Å². The lowest BCUT2D eigenvalue weighted by Gasteiger charge is -2.08. The number of aryl methyl sites for hydroxylation is 2. The number of halogens is 3. The van der Waals surface area contributed by atoms with E-state index < -0.39 is 11.7 Å². The fourth-order valence-corrected chi connectivity index (χ4v) is 2.86. The van der Waals surface area contributed by atoms with Crippen molar-refractivity contribution in [1.29, 1.82) is 0 Å². The number of nitrogens with one attached hydrogen (secondary N) is 1. The molecule has 4 nitrogen and oxygen atoms in total. The van der Waals surface area contributed by atoms with E-state index in [9.17, 15) is 18.0 Å². The summed E-state index contributed by atoms with van der Waals surface area (Å²) in [5.74, 6) is -0.264. The zero-order chi connectivity index (χ0) is 19.6. The number of nitrogens with zero attached hydrogens (tertiary/aromatic N) is 2. The minimum absolute atomic E-state index is 0.170. The quantitative estimate of drug-likeness (QED) is 0.713. The van der Waals surface area contributed by atoms with E-state index in [0.717, 1.165) is 23.3 Å². The van der Waals surface area contributed by atoms with Gasteiger partial charge in [0.1, 0.15) is 0 Å². The van der Waals surface area contributed by atoms with Crippen LogP contribution in [-0.2, 0) is 12.7 Å². The van der Waals surface area contributed by atoms with Crippen LogP contribution in [0.1, 0.15) is 32.6 Å². The minimum Gasteiger partial charge on any atom is -0.319 e. The number of benzene rings is 2. The van der Waals surface area contributed by atoms with E-state index in [-0.39, 0.29) is 12.5 Å². The van der Waals surface area contributed by atoms with E-state index in [2.05, 4.69) is 10.4 Å².